The van der Waals surface area contributed by atoms with Crippen LogP contribution in [0.15, 0.2) is 12.4 Å². The van der Waals surface area contributed by atoms with Crippen LogP contribution in [0, 0.1) is 7.14 Å². The van der Waals surface area contributed by atoms with Gasteiger partial charge in [0, 0.05) is 14.1 Å². The van der Waals surface area contributed by atoms with E-state index in [4.69, 9.17) is 0 Å². The summed E-state index contributed by atoms with van der Waals surface area (Å²) in [4.78, 5) is 0. The summed E-state index contributed by atoms with van der Waals surface area (Å²) < 4.78 is 96.4. The van der Waals surface area contributed by atoms with Gasteiger partial charge in [0.15, 0.2) is 11.4 Å². The SMILES string of the molecule is CN(C)S(=O)(=O)n1cc(I)c(C(F)(F)F)n1.FC(F)(F)c1[nH]ncc1I. The van der Waals surface area contributed by atoms with Gasteiger partial charge in [0.2, 0.25) is 0 Å². The van der Waals surface area contributed by atoms with Crippen molar-refractivity contribution < 1.29 is 34.8 Å². The number of alkyl halides is 6. The van der Waals surface area contributed by atoms with E-state index in [1.807, 2.05) is 5.10 Å². The number of hydrogen-bond acceptors (Lipinski definition) is 4. The average Bonchev–Trinajstić information content (AvgIpc) is 3.04. The summed E-state index contributed by atoms with van der Waals surface area (Å²) >= 11 is 2.95. The number of aromatic nitrogens is 4. The molecule has 16 heteroatoms. The third-order valence-corrected chi connectivity index (χ3v) is 5.68. The fourth-order valence-electron chi connectivity index (χ4n) is 1.28. The lowest BCUT2D eigenvalue weighted by atomic mass is 10.4. The topological polar surface area (TPSA) is 83.9 Å². The van der Waals surface area contributed by atoms with Gasteiger partial charge in [0.05, 0.1) is 19.5 Å². The molecule has 2 rings (SSSR count). The summed E-state index contributed by atoms with van der Waals surface area (Å²) in [6.45, 7) is 0. The molecule has 0 aliphatic rings. The van der Waals surface area contributed by atoms with E-state index >= 15 is 0 Å². The van der Waals surface area contributed by atoms with Crippen LogP contribution in [0.1, 0.15) is 11.4 Å². The van der Waals surface area contributed by atoms with Crippen molar-refractivity contribution in [1.82, 2.24) is 23.7 Å². The molecule has 1 N–H and O–H groups in total. The maximum Gasteiger partial charge on any atom is 0.436 e. The zero-order chi connectivity index (χ0) is 20.5. The summed E-state index contributed by atoms with van der Waals surface area (Å²) in [5.41, 5.74) is -1.99. The Labute approximate surface area is 170 Å². The molecule has 0 aliphatic heterocycles. The Hall–Kier alpha value is -0.630. The number of halogens is 8. The Morgan fingerprint density at radius 3 is 1.88 bits per heavy atom. The van der Waals surface area contributed by atoms with Gasteiger partial charge in [-0.1, -0.05) is 0 Å². The smallest absolute Gasteiger partial charge is 0.273 e. The first kappa shape index (κ1) is 23.4. The molecule has 7 nitrogen and oxygen atoms in total. The number of aromatic amines is 1. The number of H-pyrrole nitrogens is 1. The second-order valence-electron chi connectivity index (χ2n) is 4.58. The molecule has 0 aliphatic carbocycles. The Morgan fingerprint density at radius 2 is 1.62 bits per heavy atom. The normalized spacial score (nSPS) is 12.9. The second kappa shape index (κ2) is 8.17. The molecule has 0 bridgehead atoms. The van der Waals surface area contributed by atoms with E-state index < -0.39 is 33.9 Å². The van der Waals surface area contributed by atoms with Crippen molar-refractivity contribution in [3.05, 3.63) is 30.9 Å². The molecule has 26 heavy (non-hydrogen) atoms. The highest BCUT2D eigenvalue weighted by atomic mass is 127. The largest absolute Gasteiger partial charge is 0.436 e. The van der Waals surface area contributed by atoms with Gasteiger partial charge in [0.1, 0.15) is 0 Å². The van der Waals surface area contributed by atoms with Crippen LogP contribution < -0.4 is 0 Å². The molecular formula is C10H9F6I2N5O2S. The molecular weight excluding hydrogens is 622 g/mol. The van der Waals surface area contributed by atoms with E-state index in [9.17, 15) is 34.8 Å². The van der Waals surface area contributed by atoms with Gasteiger partial charge in [-0.25, -0.2) is 0 Å². The molecule has 0 aromatic carbocycles. The number of nitrogens with one attached hydrogen (secondary N) is 1. The minimum Gasteiger partial charge on any atom is -0.273 e. The van der Waals surface area contributed by atoms with Crippen LogP contribution in [0.25, 0.3) is 0 Å². The van der Waals surface area contributed by atoms with E-state index in [1.54, 1.807) is 22.6 Å². The second-order valence-corrected chi connectivity index (χ2v) is 8.90. The minimum atomic E-state index is -4.66. The van der Waals surface area contributed by atoms with E-state index in [0.29, 0.717) is 4.09 Å². The standard InChI is InChI=1S/C6H7F3IN3O2S.C4H2F3IN2/c1-12(2)16(14,15)13-3-4(10)5(11-13)6(7,8)9;5-4(6,7)3-2(8)1-9-10-3/h3H,1-2H3;1H,(H,9,10). The van der Waals surface area contributed by atoms with Gasteiger partial charge >= 0.3 is 22.6 Å². The quantitative estimate of drug-likeness (QED) is 0.408. The van der Waals surface area contributed by atoms with Gasteiger partial charge in [-0.3, -0.25) is 5.10 Å². The van der Waals surface area contributed by atoms with Crippen molar-refractivity contribution in [2.24, 2.45) is 0 Å². The summed E-state index contributed by atoms with van der Waals surface area (Å²) in [6, 6.07) is 0. The first-order valence-electron chi connectivity index (χ1n) is 6.10. The molecule has 0 radical (unpaired) electrons. The highest BCUT2D eigenvalue weighted by molar-refractivity contribution is 14.1. The van der Waals surface area contributed by atoms with Gasteiger partial charge < -0.3 is 0 Å². The molecule has 2 heterocycles. The summed E-state index contributed by atoms with van der Waals surface area (Å²) in [5, 5.41) is 8.13. The van der Waals surface area contributed by atoms with Crippen molar-refractivity contribution >= 4 is 55.4 Å². The van der Waals surface area contributed by atoms with Crippen LogP contribution >= 0.6 is 45.2 Å². The third kappa shape index (κ3) is 5.68. The van der Waals surface area contributed by atoms with Gasteiger partial charge in [-0.15, -0.1) is 0 Å². The molecule has 0 saturated carbocycles. The molecule has 148 valence electrons. The zero-order valence-electron chi connectivity index (χ0n) is 12.7. The fraction of sp³-hybridized carbons (Fsp3) is 0.400. The molecule has 0 fully saturated rings. The average molecular weight is 631 g/mol. The van der Waals surface area contributed by atoms with E-state index in [2.05, 4.69) is 10.2 Å². The predicted octanol–water partition coefficient (Wildman–Crippen LogP) is 3.19. The molecule has 2 aromatic heterocycles. The van der Waals surface area contributed by atoms with E-state index in [-0.39, 0.29) is 7.14 Å². The number of hydrogen-bond donors (Lipinski definition) is 1. The van der Waals surface area contributed by atoms with Crippen molar-refractivity contribution in [3.63, 3.8) is 0 Å². The summed E-state index contributed by atoms with van der Waals surface area (Å²) in [7, 11) is -1.59. The lowest BCUT2D eigenvalue weighted by Gasteiger charge is -2.10. The number of nitrogens with zero attached hydrogens (tertiary/aromatic N) is 4. The minimum absolute atomic E-state index is 0.0881. The fourth-order valence-corrected chi connectivity index (χ4v) is 3.47. The first-order valence-corrected chi connectivity index (χ1v) is 9.65. The molecule has 0 spiro atoms. The predicted molar refractivity (Wildman–Crippen MR) is 94.3 cm³/mol. The van der Waals surface area contributed by atoms with Crippen LogP contribution in [0.5, 0.6) is 0 Å². The van der Waals surface area contributed by atoms with Crippen molar-refractivity contribution in [2.45, 2.75) is 12.4 Å². The summed E-state index contributed by atoms with van der Waals surface area (Å²) in [5.74, 6) is 0. The lowest BCUT2D eigenvalue weighted by Crippen LogP contribution is -2.29. The highest BCUT2D eigenvalue weighted by Gasteiger charge is 2.38. The van der Waals surface area contributed by atoms with Crippen LogP contribution in [-0.2, 0) is 22.6 Å². The Balaban J connectivity index is 0.000000289. The molecule has 0 unspecified atom stereocenters. The highest BCUT2D eigenvalue weighted by Crippen LogP contribution is 2.32. The van der Waals surface area contributed by atoms with E-state index in [0.717, 1.165) is 16.7 Å². The Morgan fingerprint density at radius 1 is 1.08 bits per heavy atom. The molecule has 0 atom stereocenters. The number of rotatable bonds is 2. The third-order valence-electron chi connectivity index (χ3n) is 2.49. The Kier molecular flexibility index (Phi) is 7.35. The first-order chi connectivity index (χ1) is 11.6. The van der Waals surface area contributed by atoms with Gasteiger partial charge in [0.25, 0.3) is 0 Å². The van der Waals surface area contributed by atoms with Crippen molar-refractivity contribution in [3.8, 4) is 0 Å². The zero-order valence-corrected chi connectivity index (χ0v) is 17.8. The van der Waals surface area contributed by atoms with Crippen molar-refractivity contribution in [1.29, 1.82) is 0 Å². The van der Waals surface area contributed by atoms with Gasteiger partial charge in [-0.2, -0.15) is 53.3 Å². The summed E-state index contributed by atoms with van der Waals surface area (Å²) in [6.07, 6.45) is -7.03. The molecule has 0 amide bonds. The van der Waals surface area contributed by atoms with E-state index in [1.165, 1.54) is 36.7 Å². The van der Waals surface area contributed by atoms with Gasteiger partial charge in [-0.05, 0) is 45.2 Å². The lowest BCUT2D eigenvalue weighted by molar-refractivity contribution is -0.142. The van der Waals surface area contributed by atoms with Crippen LogP contribution in [0.2, 0.25) is 0 Å². The van der Waals surface area contributed by atoms with Crippen LogP contribution in [0.4, 0.5) is 26.3 Å². The van der Waals surface area contributed by atoms with Crippen LogP contribution in [0.3, 0.4) is 0 Å². The van der Waals surface area contributed by atoms with Crippen LogP contribution in [-0.4, -0.2) is 46.2 Å². The van der Waals surface area contributed by atoms with Crippen molar-refractivity contribution in [2.75, 3.05) is 14.1 Å². The molecule has 2 aromatic rings. The molecule has 0 saturated heterocycles. The maximum absolute atomic E-state index is 12.4. The Bertz CT molecular complexity index is 858. The monoisotopic (exact) mass is 631 g/mol. The maximum atomic E-state index is 12.4.